The van der Waals surface area contributed by atoms with Gasteiger partial charge in [-0.15, -0.1) is 0 Å². The van der Waals surface area contributed by atoms with Crippen molar-refractivity contribution in [3.63, 3.8) is 0 Å². The molecule has 176 valence electrons. The van der Waals surface area contributed by atoms with Gasteiger partial charge in [0.2, 0.25) is 0 Å². The molecule has 3 aliphatic rings. The van der Waals surface area contributed by atoms with E-state index >= 15 is 0 Å². The number of piperazine rings is 2. The lowest BCUT2D eigenvalue weighted by Gasteiger charge is -2.39. The van der Waals surface area contributed by atoms with Gasteiger partial charge in [0.1, 0.15) is 0 Å². The Morgan fingerprint density at radius 2 is 1.55 bits per heavy atom. The van der Waals surface area contributed by atoms with E-state index in [2.05, 4.69) is 70.4 Å². The highest BCUT2D eigenvalue weighted by Gasteiger charge is 2.28. The molecule has 5 rings (SSSR count). The molecule has 6 heteroatoms. The molecule has 1 N–H and O–H groups in total. The average Bonchev–Trinajstić information content (AvgIpc) is 2.86. The number of nitrogens with zero attached hydrogens (tertiary/aromatic N) is 4. The molecule has 0 bridgehead atoms. The minimum absolute atomic E-state index is 0.102. The van der Waals surface area contributed by atoms with E-state index in [0.29, 0.717) is 0 Å². The van der Waals surface area contributed by atoms with E-state index in [-0.39, 0.29) is 12.1 Å². The lowest BCUT2D eigenvalue weighted by Crippen LogP contribution is -2.54. The number of carbonyl (C=O) groups excluding carboxylic acids is 1. The van der Waals surface area contributed by atoms with Crippen molar-refractivity contribution in [2.24, 2.45) is 0 Å². The molecule has 2 amide bonds. The second-order valence-electron chi connectivity index (χ2n) is 9.85. The topological polar surface area (TPSA) is 42.1 Å². The van der Waals surface area contributed by atoms with E-state index in [9.17, 15) is 4.79 Å². The van der Waals surface area contributed by atoms with Gasteiger partial charge in [0.15, 0.2) is 0 Å². The first-order chi connectivity index (χ1) is 16.1. The highest BCUT2D eigenvalue weighted by Crippen LogP contribution is 2.33. The van der Waals surface area contributed by atoms with Crippen LogP contribution < -0.4 is 15.1 Å². The average molecular weight is 448 g/mol. The molecule has 0 aromatic heterocycles. The summed E-state index contributed by atoms with van der Waals surface area (Å²) in [5, 5.41) is 3.38. The Morgan fingerprint density at radius 3 is 2.27 bits per heavy atom. The van der Waals surface area contributed by atoms with Crippen molar-refractivity contribution in [2.45, 2.75) is 32.2 Å². The number of benzene rings is 2. The second-order valence-corrected chi connectivity index (χ2v) is 9.85. The summed E-state index contributed by atoms with van der Waals surface area (Å²) in [6.45, 7) is 9.93. The van der Waals surface area contributed by atoms with Crippen LogP contribution in [-0.2, 0) is 12.8 Å². The van der Waals surface area contributed by atoms with Crippen LogP contribution in [0, 0.1) is 6.92 Å². The second kappa shape index (κ2) is 9.64. The number of rotatable bonds is 3. The summed E-state index contributed by atoms with van der Waals surface area (Å²) in [5.74, 6) is 0. The van der Waals surface area contributed by atoms with Crippen molar-refractivity contribution in [3.8, 4) is 0 Å². The number of para-hydroxylation sites is 1. The van der Waals surface area contributed by atoms with Crippen LogP contribution >= 0.6 is 0 Å². The molecular formula is C27H37N5O. The fourth-order valence-electron chi connectivity index (χ4n) is 5.58. The summed E-state index contributed by atoms with van der Waals surface area (Å²) in [7, 11) is 2.20. The lowest BCUT2D eigenvalue weighted by molar-refractivity contribution is 0.189. The summed E-state index contributed by atoms with van der Waals surface area (Å²) in [6.07, 6.45) is 3.01. The maximum absolute atomic E-state index is 13.1. The van der Waals surface area contributed by atoms with Gasteiger partial charge in [-0.05, 0) is 68.1 Å². The predicted molar refractivity (Wildman–Crippen MR) is 135 cm³/mol. The molecule has 2 aliphatic heterocycles. The van der Waals surface area contributed by atoms with E-state index < -0.39 is 0 Å². The molecule has 2 fully saturated rings. The summed E-state index contributed by atoms with van der Waals surface area (Å²) < 4.78 is 0. The summed E-state index contributed by atoms with van der Waals surface area (Å²) >= 11 is 0. The van der Waals surface area contributed by atoms with Crippen molar-refractivity contribution in [1.29, 1.82) is 0 Å². The molecule has 6 nitrogen and oxygen atoms in total. The minimum Gasteiger partial charge on any atom is -0.369 e. The van der Waals surface area contributed by atoms with Crippen molar-refractivity contribution >= 4 is 17.4 Å². The number of hydrogen-bond acceptors (Lipinski definition) is 4. The Morgan fingerprint density at radius 1 is 0.848 bits per heavy atom. The zero-order valence-electron chi connectivity index (χ0n) is 20.1. The Hall–Kier alpha value is -2.73. The molecule has 0 saturated carbocycles. The van der Waals surface area contributed by atoms with E-state index in [0.717, 1.165) is 71.6 Å². The van der Waals surface area contributed by atoms with Gasteiger partial charge < -0.3 is 24.9 Å². The largest absolute Gasteiger partial charge is 0.369 e. The Balaban J connectivity index is 1.21. The van der Waals surface area contributed by atoms with Crippen LogP contribution in [0.3, 0.4) is 0 Å². The molecule has 0 spiro atoms. The first-order valence-electron chi connectivity index (χ1n) is 12.5. The van der Waals surface area contributed by atoms with Crippen LogP contribution in [0.25, 0.3) is 0 Å². The lowest BCUT2D eigenvalue weighted by atomic mass is 9.84. The molecule has 33 heavy (non-hydrogen) atoms. The first kappa shape index (κ1) is 22.1. The fourth-order valence-corrected chi connectivity index (χ4v) is 5.58. The number of fused-ring (bicyclic) bond motifs is 1. The fraction of sp³-hybridized carbons (Fsp3) is 0.519. The Labute approximate surface area is 198 Å². The molecule has 2 aromatic carbocycles. The van der Waals surface area contributed by atoms with Crippen LogP contribution in [0.2, 0.25) is 0 Å². The quantitative estimate of drug-likeness (QED) is 0.785. The molecule has 0 radical (unpaired) electrons. The predicted octanol–water partition coefficient (Wildman–Crippen LogP) is 3.14. The van der Waals surface area contributed by atoms with Gasteiger partial charge >= 0.3 is 6.03 Å². The van der Waals surface area contributed by atoms with Crippen molar-refractivity contribution in [1.82, 2.24) is 15.1 Å². The molecule has 1 atom stereocenters. The monoisotopic (exact) mass is 447 g/mol. The highest BCUT2D eigenvalue weighted by molar-refractivity contribution is 5.75. The SMILES string of the molecule is Cc1ccc(N2CCN(C)CC2)c2c1CC[C@H](NC(=O)N1CCN(c3ccccc3)CC1)C2. The summed E-state index contributed by atoms with van der Waals surface area (Å²) in [5.41, 5.74) is 7.00. The number of urea groups is 1. The van der Waals surface area contributed by atoms with Gasteiger partial charge in [0.25, 0.3) is 0 Å². The summed E-state index contributed by atoms with van der Waals surface area (Å²) in [6, 6.07) is 15.4. The zero-order valence-corrected chi connectivity index (χ0v) is 20.1. The zero-order chi connectivity index (χ0) is 22.8. The maximum Gasteiger partial charge on any atom is 0.317 e. The molecule has 1 aliphatic carbocycles. The number of likely N-dealkylation sites (N-methyl/N-ethyl adjacent to an activating group) is 1. The number of carbonyl (C=O) groups is 1. The van der Waals surface area contributed by atoms with E-state index in [1.54, 1.807) is 0 Å². The number of hydrogen-bond donors (Lipinski definition) is 1. The van der Waals surface area contributed by atoms with Gasteiger partial charge in [-0.2, -0.15) is 0 Å². The smallest absolute Gasteiger partial charge is 0.317 e. The third kappa shape index (κ3) is 4.81. The third-order valence-electron chi connectivity index (χ3n) is 7.69. The highest BCUT2D eigenvalue weighted by atomic mass is 16.2. The Bertz CT molecular complexity index is 962. The van der Waals surface area contributed by atoms with Crippen molar-refractivity contribution in [2.75, 3.05) is 69.2 Å². The van der Waals surface area contributed by atoms with Crippen LogP contribution in [0.5, 0.6) is 0 Å². The van der Waals surface area contributed by atoms with Crippen molar-refractivity contribution < 1.29 is 4.79 Å². The summed E-state index contributed by atoms with van der Waals surface area (Å²) in [4.78, 5) is 22.4. The van der Waals surface area contributed by atoms with Crippen LogP contribution in [0.1, 0.15) is 23.1 Å². The number of anilines is 2. The van der Waals surface area contributed by atoms with Gasteiger partial charge in [-0.3, -0.25) is 0 Å². The minimum atomic E-state index is 0.102. The first-order valence-corrected chi connectivity index (χ1v) is 12.5. The van der Waals surface area contributed by atoms with E-state index in [1.165, 1.54) is 28.1 Å². The van der Waals surface area contributed by atoms with Gasteiger partial charge in [-0.25, -0.2) is 4.79 Å². The molecule has 0 unspecified atom stereocenters. The Kier molecular flexibility index (Phi) is 6.45. The van der Waals surface area contributed by atoms with E-state index in [1.807, 2.05) is 11.0 Å². The molecule has 2 saturated heterocycles. The van der Waals surface area contributed by atoms with Crippen LogP contribution in [0.15, 0.2) is 42.5 Å². The molecule has 2 aromatic rings. The standard InChI is InChI=1S/C27H37N5O/c1-21-8-11-26(31-14-12-29(2)13-15-31)25-20-22(9-10-24(21)25)28-27(33)32-18-16-30(17-19-32)23-6-4-3-5-7-23/h3-8,11,22H,9-10,12-20H2,1-2H3,(H,28,33)/t22-/m0/s1. The van der Waals surface area contributed by atoms with Gasteiger partial charge in [-0.1, -0.05) is 24.3 Å². The maximum atomic E-state index is 13.1. The molecule has 2 heterocycles. The van der Waals surface area contributed by atoms with Gasteiger partial charge in [0, 0.05) is 69.8 Å². The number of amides is 2. The molecular weight excluding hydrogens is 410 g/mol. The van der Waals surface area contributed by atoms with Crippen LogP contribution in [-0.4, -0.2) is 81.3 Å². The van der Waals surface area contributed by atoms with Gasteiger partial charge in [0.05, 0.1) is 0 Å². The normalized spacial score (nSPS) is 21.6. The number of nitrogens with one attached hydrogen (secondary N) is 1. The van der Waals surface area contributed by atoms with Crippen molar-refractivity contribution in [3.05, 3.63) is 59.2 Å². The number of aryl methyl sites for hydroxylation is 1. The van der Waals surface area contributed by atoms with E-state index in [4.69, 9.17) is 0 Å². The third-order valence-corrected chi connectivity index (χ3v) is 7.69. The van der Waals surface area contributed by atoms with Crippen LogP contribution in [0.4, 0.5) is 16.2 Å².